The number of hydrogen-bond acceptors (Lipinski definition) is 3. The molecule has 0 atom stereocenters. The van der Waals surface area contributed by atoms with Gasteiger partial charge in [0.25, 0.3) is 0 Å². The van der Waals surface area contributed by atoms with E-state index in [-0.39, 0.29) is 5.78 Å². The topological polar surface area (TPSA) is 29.1 Å². The lowest BCUT2D eigenvalue weighted by atomic mass is 10.1. The summed E-state index contributed by atoms with van der Waals surface area (Å²) in [6.07, 6.45) is 0. The van der Waals surface area contributed by atoms with Gasteiger partial charge in [-0.3, -0.25) is 4.79 Å². The lowest BCUT2D eigenvalue weighted by molar-refractivity contribution is 0.101. The summed E-state index contributed by atoms with van der Waals surface area (Å²) in [4.78, 5) is 13.0. The van der Waals surface area contributed by atoms with Gasteiger partial charge in [0, 0.05) is 15.0 Å². The summed E-state index contributed by atoms with van der Waals surface area (Å²) in [5.74, 6) is 0.0676. The largest absolute Gasteiger partial charge is 0.347 e. The van der Waals surface area contributed by atoms with Gasteiger partial charge in [-0.15, -0.1) is 11.3 Å². The molecule has 0 aliphatic heterocycles. The van der Waals surface area contributed by atoms with E-state index in [4.69, 9.17) is 0 Å². The van der Waals surface area contributed by atoms with Crippen molar-refractivity contribution in [1.82, 2.24) is 0 Å². The number of halogens is 1. The zero-order valence-corrected chi connectivity index (χ0v) is 14.4. The van der Waals surface area contributed by atoms with Crippen LogP contribution >= 0.6 is 27.3 Å². The molecule has 2 nitrogen and oxygen atoms in total. The van der Waals surface area contributed by atoms with Crippen molar-refractivity contribution in [1.29, 1.82) is 0 Å². The number of anilines is 2. The Hall–Kier alpha value is -1.91. The van der Waals surface area contributed by atoms with Gasteiger partial charge in [-0.2, -0.15) is 0 Å². The maximum atomic E-state index is 11.9. The normalized spacial score (nSPS) is 10.5. The van der Waals surface area contributed by atoms with Gasteiger partial charge in [-0.1, -0.05) is 46.3 Å². The van der Waals surface area contributed by atoms with E-state index < -0.39 is 0 Å². The first kappa shape index (κ1) is 15.0. The van der Waals surface area contributed by atoms with Crippen molar-refractivity contribution in [2.24, 2.45) is 0 Å². The van der Waals surface area contributed by atoms with E-state index in [1.165, 1.54) is 0 Å². The molecule has 1 heterocycles. The van der Waals surface area contributed by atoms with Crippen molar-refractivity contribution in [2.75, 3.05) is 5.32 Å². The van der Waals surface area contributed by atoms with Crippen LogP contribution in [-0.2, 0) is 0 Å². The van der Waals surface area contributed by atoms with E-state index in [1.54, 1.807) is 18.3 Å². The van der Waals surface area contributed by atoms with Crippen LogP contribution < -0.4 is 5.32 Å². The molecule has 3 rings (SSSR count). The van der Waals surface area contributed by atoms with Crippen molar-refractivity contribution < 1.29 is 4.79 Å². The number of benzene rings is 2. The summed E-state index contributed by atoms with van der Waals surface area (Å²) in [5.41, 5.74) is 2.82. The van der Waals surface area contributed by atoms with Gasteiger partial charge in [0.05, 0.1) is 5.56 Å². The van der Waals surface area contributed by atoms with E-state index in [0.29, 0.717) is 0 Å². The molecular formula is C18H14BrNOS. The van der Waals surface area contributed by atoms with Gasteiger partial charge < -0.3 is 5.32 Å². The van der Waals surface area contributed by atoms with Crippen molar-refractivity contribution in [3.63, 3.8) is 0 Å². The van der Waals surface area contributed by atoms with Crippen LogP contribution in [0.1, 0.15) is 17.3 Å². The number of carbonyl (C=O) groups is 1. The Kier molecular flexibility index (Phi) is 4.41. The average molecular weight is 372 g/mol. The summed E-state index contributed by atoms with van der Waals surface area (Å²) in [5, 5.41) is 4.23. The Labute approximate surface area is 141 Å². The Bertz CT molecular complexity index is 794. The summed E-state index contributed by atoms with van der Waals surface area (Å²) in [7, 11) is 0. The summed E-state index contributed by atoms with van der Waals surface area (Å²) in [6, 6.07) is 20.0. The van der Waals surface area contributed by atoms with E-state index >= 15 is 0 Å². The molecule has 0 unspecified atom stereocenters. The van der Waals surface area contributed by atoms with Gasteiger partial charge >= 0.3 is 0 Å². The van der Waals surface area contributed by atoms with E-state index in [0.717, 1.165) is 31.2 Å². The molecule has 2 aromatic carbocycles. The van der Waals surface area contributed by atoms with E-state index in [9.17, 15) is 4.79 Å². The minimum absolute atomic E-state index is 0.0676. The molecule has 0 aliphatic carbocycles. The SMILES string of the molecule is CC(=O)c1cc(-c2ccc(Br)cc2)sc1Nc1ccccc1. The Morgan fingerprint density at radius 3 is 2.36 bits per heavy atom. The van der Waals surface area contributed by atoms with Crippen LogP contribution in [0.5, 0.6) is 0 Å². The maximum Gasteiger partial charge on any atom is 0.162 e. The Morgan fingerprint density at radius 2 is 1.73 bits per heavy atom. The number of para-hydroxylation sites is 1. The second-order valence-corrected chi connectivity index (χ2v) is 6.88. The lowest BCUT2D eigenvalue weighted by Gasteiger charge is -2.04. The standard InChI is InChI=1S/C18H14BrNOS/c1-12(21)16-11-17(13-7-9-14(19)10-8-13)22-18(16)20-15-5-3-2-4-6-15/h2-11,20H,1H3. The van der Waals surface area contributed by atoms with Gasteiger partial charge in [-0.05, 0) is 42.8 Å². The predicted octanol–water partition coefficient (Wildman–Crippen LogP) is 6.12. The van der Waals surface area contributed by atoms with Crippen molar-refractivity contribution in [3.8, 4) is 10.4 Å². The molecule has 1 N–H and O–H groups in total. The second kappa shape index (κ2) is 6.46. The molecule has 0 spiro atoms. The van der Waals surface area contributed by atoms with Crippen LogP contribution in [0, 0.1) is 0 Å². The van der Waals surface area contributed by atoms with Crippen molar-refractivity contribution >= 4 is 43.7 Å². The van der Waals surface area contributed by atoms with Gasteiger partial charge in [-0.25, -0.2) is 0 Å². The van der Waals surface area contributed by atoms with E-state index in [2.05, 4.69) is 21.2 Å². The maximum absolute atomic E-state index is 11.9. The molecule has 4 heteroatoms. The molecule has 0 amide bonds. The van der Waals surface area contributed by atoms with Gasteiger partial charge in [0.15, 0.2) is 5.78 Å². The third kappa shape index (κ3) is 3.29. The molecular weight excluding hydrogens is 358 g/mol. The van der Waals surface area contributed by atoms with Crippen molar-refractivity contribution in [3.05, 3.63) is 70.7 Å². The van der Waals surface area contributed by atoms with Crippen LogP contribution in [-0.4, -0.2) is 5.78 Å². The van der Waals surface area contributed by atoms with Crippen LogP contribution in [0.4, 0.5) is 10.7 Å². The Balaban J connectivity index is 1.99. The Morgan fingerprint density at radius 1 is 1.05 bits per heavy atom. The minimum Gasteiger partial charge on any atom is -0.347 e. The predicted molar refractivity (Wildman–Crippen MR) is 97.2 cm³/mol. The summed E-state index contributed by atoms with van der Waals surface area (Å²) < 4.78 is 1.04. The molecule has 3 aromatic rings. The van der Waals surface area contributed by atoms with E-state index in [1.807, 2.05) is 60.7 Å². The zero-order valence-electron chi connectivity index (χ0n) is 12.0. The average Bonchev–Trinajstić information content (AvgIpc) is 2.93. The van der Waals surface area contributed by atoms with Gasteiger partial charge in [0.2, 0.25) is 0 Å². The smallest absolute Gasteiger partial charge is 0.162 e. The number of ketones is 1. The minimum atomic E-state index is 0.0676. The third-order valence-corrected chi connectivity index (χ3v) is 4.90. The molecule has 0 saturated heterocycles. The fourth-order valence-electron chi connectivity index (χ4n) is 2.15. The lowest BCUT2D eigenvalue weighted by Crippen LogP contribution is -1.95. The highest BCUT2D eigenvalue weighted by Crippen LogP contribution is 2.37. The molecule has 0 aliphatic rings. The number of hydrogen-bond donors (Lipinski definition) is 1. The van der Waals surface area contributed by atoms with Crippen LogP contribution in [0.3, 0.4) is 0 Å². The molecule has 0 radical (unpaired) electrons. The first-order valence-electron chi connectivity index (χ1n) is 6.86. The highest BCUT2D eigenvalue weighted by molar-refractivity contribution is 9.10. The van der Waals surface area contributed by atoms with Crippen LogP contribution in [0.15, 0.2) is 65.1 Å². The van der Waals surface area contributed by atoms with Crippen LogP contribution in [0.25, 0.3) is 10.4 Å². The van der Waals surface area contributed by atoms with Crippen molar-refractivity contribution in [2.45, 2.75) is 6.92 Å². The summed E-state index contributed by atoms with van der Waals surface area (Å²) in [6.45, 7) is 1.60. The number of Topliss-reactive ketones (excluding diaryl/α,β-unsaturated/α-hetero) is 1. The number of rotatable bonds is 4. The number of thiophene rings is 1. The highest BCUT2D eigenvalue weighted by Gasteiger charge is 2.14. The first-order valence-corrected chi connectivity index (χ1v) is 8.47. The number of carbonyl (C=O) groups excluding carboxylic acids is 1. The van der Waals surface area contributed by atoms with Gasteiger partial charge in [0.1, 0.15) is 5.00 Å². The molecule has 1 aromatic heterocycles. The quantitative estimate of drug-likeness (QED) is 0.559. The fourth-order valence-corrected chi connectivity index (χ4v) is 3.55. The third-order valence-electron chi connectivity index (χ3n) is 3.27. The molecule has 22 heavy (non-hydrogen) atoms. The highest BCUT2D eigenvalue weighted by atomic mass is 79.9. The molecule has 0 bridgehead atoms. The zero-order chi connectivity index (χ0) is 15.5. The number of nitrogens with one attached hydrogen (secondary N) is 1. The second-order valence-electron chi connectivity index (χ2n) is 4.91. The summed E-state index contributed by atoms with van der Waals surface area (Å²) >= 11 is 5.04. The molecule has 110 valence electrons. The van der Waals surface area contributed by atoms with Crippen LogP contribution in [0.2, 0.25) is 0 Å². The molecule has 0 saturated carbocycles. The first-order chi connectivity index (χ1) is 10.6. The molecule has 0 fully saturated rings. The monoisotopic (exact) mass is 371 g/mol. The fraction of sp³-hybridized carbons (Fsp3) is 0.0556.